The van der Waals surface area contributed by atoms with Gasteiger partial charge in [-0.25, -0.2) is 0 Å². The molecule has 17 heavy (non-hydrogen) atoms. The van der Waals surface area contributed by atoms with Gasteiger partial charge in [0.05, 0.1) is 5.60 Å². The zero-order valence-electron chi connectivity index (χ0n) is 11.9. The molecule has 0 bridgehead atoms. The lowest BCUT2D eigenvalue weighted by atomic mass is 9.95. The summed E-state index contributed by atoms with van der Waals surface area (Å²) in [6, 6.07) is 0.0311. The van der Waals surface area contributed by atoms with Crippen LogP contribution in [0.4, 0.5) is 0 Å². The Hall–Kier alpha value is -0.610. The molecule has 1 atom stereocenters. The van der Waals surface area contributed by atoms with Crippen molar-refractivity contribution in [2.45, 2.75) is 59.1 Å². The molecule has 4 heteroatoms. The van der Waals surface area contributed by atoms with E-state index in [-0.39, 0.29) is 24.2 Å². The van der Waals surface area contributed by atoms with E-state index in [0.29, 0.717) is 12.5 Å². The van der Waals surface area contributed by atoms with Gasteiger partial charge in [0.1, 0.15) is 6.61 Å². The van der Waals surface area contributed by atoms with E-state index in [1.807, 2.05) is 20.8 Å². The average molecular weight is 244 g/mol. The molecule has 0 heterocycles. The molecule has 0 fully saturated rings. The highest BCUT2D eigenvalue weighted by molar-refractivity contribution is 5.77. The van der Waals surface area contributed by atoms with Gasteiger partial charge in [0.25, 0.3) is 0 Å². The lowest BCUT2D eigenvalue weighted by molar-refractivity contribution is -0.130. The van der Waals surface area contributed by atoms with Gasteiger partial charge in [-0.05, 0) is 26.7 Å². The summed E-state index contributed by atoms with van der Waals surface area (Å²) in [6.07, 6.45) is 2.10. The fraction of sp³-hybridized carbons (Fsp3) is 0.923. The maximum absolute atomic E-state index is 11.5. The summed E-state index contributed by atoms with van der Waals surface area (Å²) < 4.78 is 5.38. The largest absolute Gasteiger partial charge is 0.366 e. The van der Waals surface area contributed by atoms with Crippen molar-refractivity contribution in [1.82, 2.24) is 5.32 Å². The maximum Gasteiger partial charge on any atom is 0.246 e. The molecule has 102 valence electrons. The number of hydrogen-bond donors (Lipinski definition) is 2. The smallest absolute Gasteiger partial charge is 0.246 e. The van der Waals surface area contributed by atoms with Crippen LogP contribution in [0.15, 0.2) is 0 Å². The first kappa shape index (κ1) is 16.4. The molecule has 0 spiro atoms. The molecule has 0 saturated heterocycles. The molecule has 4 nitrogen and oxygen atoms in total. The van der Waals surface area contributed by atoms with Crippen LogP contribution in [0, 0.1) is 5.92 Å². The predicted octanol–water partition coefficient (Wildman–Crippen LogP) is 1.68. The van der Waals surface area contributed by atoms with E-state index in [4.69, 9.17) is 10.5 Å². The Kier molecular flexibility index (Phi) is 7.39. The van der Waals surface area contributed by atoms with E-state index in [0.717, 1.165) is 12.8 Å². The van der Waals surface area contributed by atoms with Gasteiger partial charge < -0.3 is 15.8 Å². The van der Waals surface area contributed by atoms with Crippen molar-refractivity contribution in [1.29, 1.82) is 0 Å². The van der Waals surface area contributed by atoms with E-state index in [1.165, 1.54) is 0 Å². The average Bonchev–Trinajstić information content (AvgIpc) is 2.24. The molecule has 3 N–H and O–H groups in total. The zero-order valence-corrected chi connectivity index (χ0v) is 11.9. The minimum absolute atomic E-state index is 0.0311. The first-order chi connectivity index (χ1) is 7.80. The van der Waals surface area contributed by atoms with Crippen LogP contribution in [-0.4, -0.2) is 30.7 Å². The van der Waals surface area contributed by atoms with Crippen molar-refractivity contribution in [2.75, 3.05) is 13.2 Å². The van der Waals surface area contributed by atoms with Crippen LogP contribution < -0.4 is 11.1 Å². The summed E-state index contributed by atoms with van der Waals surface area (Å²) in [6.45, 7) is 10.7. The zero-order chi connectivity index (χ0) is 13.5. The van der Waals surface area contributed by atoms with Crippen LogP contribution in [-0.2, 0) is 9.53 Å². The van der Waals surface area contributed by atoms with Crippen LogP contribution in [0.3, 0.4) is 0 Å². The van der Waals surface area contributed by atoms with Crippen molar-refractivity contribution in [3.05, 3.63) is 0 Å². The van der Waals surface area contributed by atoms with Crippen LogP contribution in [0.5, 0.6) is 0 Å². The number of carbonyl (C=O) groups excluding carboxylic acids is 1. The topological polar surface area (TPSA) is 64.3 Å². The molecule has 1 unspecified atom stereocenters. The van der Waals surface area contributed by atoms with E-state index < -0.39 is 0 Å². The van der Waals surface area contributed by atoms with Gasteiger partial charge in [0, 0.05) is 12.6 Å². The summed E-state index contributed by atoms with van der Waals surface area (Å²) in [5.74, 6) is 0.375. The highest BCUT2D eigenvalue weighted by Gasteiger charge is 2.16. The highest BCUT2D eigenvalue weighted by atomic mass is 16.5. The van der Waals surface area contributed by atoms with Crippen LogP contribution in [0.2, 0.25) is 0 Å². The quantitative estimate of drug-likeness (QED) is 0.716. The number of carbonyl (C=O) groups is 1. The molecule has 0 saturated carbocycles. The molecule has 0 aromatic carbocycles. The molecule has 0 rings (SSSR count). The Morgan fingerprint density at radius 3 is 2.24 bits per heavy atom. The van der Waals surface area contributed by atoms with Crippen molar-refractivity contribution in [3.63, 3.8) is 0 Å². The lowest BCUT2D eigenvalue weighted by Crippen LogP contribution is -2.43. The number of amides is 1. The summed E-state index contributed by atoms with van der Waals surface area (Å²) in [4.78, 5) is 11.5. The second-order valence-corrected chi connectivity index (χ2v) is 5.45. The van der Waals surface area contributed by atoms with Crippen LogP contribution >= 0.6 is 0 Å². The summed E-state index contributed by atoms with van der Waals surface area (Å²) in [7, 11) is 0. The molecule has 0 aliphatic carbocycles. The summed E-state index contributed by atoms with van der Waals surface area (Å²) in [5, 5.41) is 2.82. The molecule has 0 aliphatic rings. The Labute approximate surface area is 105 Å². The minimum atomic E-state index is -0.283. The third kappa shape index (κ3) is 8.16. The molecule has 1 amide bonds. The number of nitrogens with two attached hydrogens (primary N) is 1. The second kappa shape index (κ2) is 7.67. The fourth-order valence-corrected chi connectivity index (χ4v) is 1.63. The SMILES string of the molecule is CCC(CC)C(N)CNC(=O)COC(C)(C)C. The van der Waals surface area contributed by atoms with E-state index >= 15 is 0 Å². The first-order valence-corrected chi connectivity index (χ1v) is 6.46. The minimum Gasteiger partial charge on any atom is -0.366 e. The van der Waals surface area contributed by atoms with Gasteiger partial charge in [-0.15, -0.1) is 0 Å². The first-order valence-electron chi connectivity index (χ1n) is 6.46. The Bertz CT molecular complexity index is 220. The normalized spacial score (nSPS) is 13.8. The Balaban J connectivity index is 3.84. The van der Waals surface area contributed by atoms with E-state index in [2.05, 4.69) is 19.2 Å². The van der Waals surface area contributed by atoms with Crippen molar-refractivity contribution >= 4 is 5.91 Å². The summed E-state index contributed by atoms with van der Waals surface area (Å²) in [5.41, 5.74) is 5.73. The number of hydrogen-bond acceptors (Lipinski definition) is 3. The van der Waals surface area contributed by atoms with Crippen molar-refractivity contribution in [3.8, 4) is 0 Å². The molecule has 0 radical (unpaired) electrons. The van der Waals surface area contributed by atoms with Crippen molar-refractivity contribution in [2.24, 2.45) is 11.7 Å². The number of nitrogens with one attached hydrogen (secondary N) is 1. The predicted molar refractivity (Wildman–Crippen MR) is 70.8 cm³/mol. The third-order valence-corrected chi connectivity index (χ3v) is 2.83. The monoisotopic (exact) mass is 244 g/mol. The van der Waals surface area contributed by atoms with Gasteiger partial charge in [-0.2, -0.15) is 0 Å². The molecule has 0 aromatic rings. The van der Waals surface area contributed by atoms with E-state index in [1.54, 1.807) is 0 Å². The Morgan fingerprint density at radius 1 is 1.29 bits per heavy atom. The molecular weight excluding hydrogens is 216 g/mol. The van der Waals surface area contributed by atoms with Crippen LogP contribution in [0.1, 0.15) is 47.5 Å². The van der Waals surface area contributed by atoms with Gasteiger partial charge in [0.2, 0.25) is 5.91 Å². The maximum atomic E-state index is 11.5. The van der Waals surface area contributed by atoms with Crippen LogP contribution in [0.25, 0.3) is 0 Å². The third-order valence-electron chi connectivity index (χ3n) is 2.83. The Morgan fingerprint density at radius 2 is 1.82 bits per heavy atom. The van der Waals surface area contributed by atoms with Gasteiger partial charge in [-0.1, -0.05) is 26.7 Å². The molecule has 0 aliphatic heterocycles. The summed E-state index contributed by atoms with van der Waals surface area (Å²) >= 11 is 0. The number of rotatable bonds is 7. The molecule has 0 aromatic heterocycles. The highest BCUT2D eigenvalue weighted by Crippen LogP contribution is 2.10. The van der Waals surface area contributed by atoms with Gasteiger partial charge in [-0.3, -0.25) is 4.79 Å². The number of ether oxygens (including phenoxy) is 1. The van der Waals surface area contributed by atoms with E-state index in [9.17, 15) is 4.79 Å². The lowest BCUT2D eigenvalue weighted by Gasteiger charge is -2.22. The fourth-order valence-electron chi connectivity index (χ4n) is 1.63. The second-order valence-electron chi connectivity index (χ2n) is 5.45. The van der Waals surface area contributed by atoms with Gasteiger partial charge in [0.15, 0.2) is 0 Å². The van der Waals surface area contributed by atoms with Gasteiger partial charge >= 0.3 is 0 Å². The molecular formula is C13H28N2O2. The van der Waals surface area contributed by atoms with Crippen molar-refractivity contribution < 1.29 is 9.53 Å². The standard InChI is InChI=1S/C13H28N2O2/c1-6-10(7-2)11(14)8-15-12(16)9-17-13(3,4)5/h10-11H,6-9,14H2,1-5H3,(H,15,16).